The molecule has 0 aromatic carbocycles. The first-order valence-electron chi connectivity index (χ1n) is 4.60. The number of pyridine rings is 1. The van der Waals surface area contributed by atoms with E-state index in [0.717, 1.165) is 11.1 Å². The largest absolute Gasteiger partial charge is 0.391 e. The third-order valence-electron chi connectivity index (χ3n) is 2.23. The topological polar surface area (TPSA) is 63.5 Å². The lowest BCUT2D eigenvalue weighted by atomic mass is 10.1. The fraction of sp³-hybridized carbons (Fsp3) is 0.300. The Balaban J connectivity index is 2.33. The molecule has 0 bridgehead atoms. The van der Waals surface area contributed by atoms with E-state index < -0.39 is 6.10 Å². The van der Waals surface area contributed by atoms with Crippen LogP contribution in [0.5, 0.6) is 0 Å². The molecule has 0 radical (unpaired) electrons. The number of rotatable bonds is 3. The van der Waals surface area contributed by atoms with E-state index in [9.17, 15) is 5.11 Å². The maximum absolute atomic E-state index is 9.43. The zero-order valence-electron chi connectivity index (χ0n) is 7.80. The molecule has 1 unspecified atom stereocenters. The SMILES string of the molecule is NCC(O)Cc1cnn2ccccc12. The molecule has 0 amide bonds. The second-order valence-corrected chi connectivity index (χ2v) is 3.29. The number of fused-ring (bicyclic) bond motifs is 1. The molecule has 74 valence electrons. The van der Waals surface area contributed by atoms with Gasteiger partial charge in [0.25, 0.3) is 0 Å². The minimum atomic E-state index is -0.483. The molecule has 4 heteroatoms. The smallest absolute Gasteiger partial charge is 0.0704 e. The molecule has 4 nitrogen and oxygen atoms in total. The van der Waals surface area contributed by atoms with Crippen molar-refractivity contribution in [1.82, 2.24) is 9.61 Å². The van der Waals surface area contributed by atoms with Crippen LogP contribution in [0.2, 0.25) is 0 Å². The van der Waals surface area contributed by atoms with E-state index >= 15 is 0 Å². The van der Waals surface area contributed by atoms with Gasteiger partial charge in [-0.2, -0.15) is 5.10 Å². The van der Waals surface area contributed by atoms with Gasteiger partial charge in [0.15, 0.2) is 0 Å². The van der Waals surface area contributed by atoms with Gasteiger partial charge in [-0.05, 0) is 12.1 Å². The third-order valence-corrected chi connectivity index (χ3v) is 2.23. The molecule has 0 saturated carbocycles. The molecule has 0 aliphatic carbocycles. The number of aliphatic hydroxyl groups excluding tert-OH is 1. The van der Waals surface area contributed by atoms with Crippen LogP contribution in [0.15, 0.2) is 30.6 Å². The number of nitrogens with two attached hydrogens (primary N) is 1. The summed E-state index contributed by atoms with van der Waals surface area (Å²) < 4.78 is 1.79. The Morgan fingerprint density at radius 3 is 3.14 bits per heavy atom. The summed E-state index contributed by atoms with van der Waals surface area (Å²) in [6.07, 6.45) is 3.73. The summed E-state index contributed by atoms with van der Waals surface area (Å²) in [5, 5.41) is 13.6. The summed E-state index contributed by atoms with van der Waals surface area (Å²) in [6.45, 7) is 0.282. The second kappa shape index (κ2) is 3.77. The lowest BCUT2D eigenvalue weighted by Gasteiger charge is -2.05. The molecule has 1 atom stereocenters. The van der Waals surface area contributed by atoms with Gasteiger partial charge in [0.1, 0.15) is 0 Å². The standard InChI is InChI=1S/C10H13N3O/c11-6-9(14)5-8-7-12-13-4-2-1-3-10(8)13/h1-4,7,9,14H,5-6,11H2. The predicted molar refractivity (Wildman–Crippen MR) is 54.0 cm³/mol. The normalized spacial score (nSPS) is 13.3. The number of nitrogens with zero attached hydrogens (tertiary/aromatic N) is 2. The first-order valence-corrected chi connectivity index (χ1v) is 4.60. The van der Waals surface area contributed by atoms with E-state index in [4.69, 9.17) is 5.73 Å². The van der Waals surface area contributed by atoms with E-state index in [0.29, 0.717) is 6.42 Å². The van der Waals surface area contributed by atoms with Crippen molar-refractivity contribution in [3.63, 3.8) is 0 Å². The van der Waals surface area contributed by atoms with E-state index in [-0.39, 0.29) is 6.54 Å². The first kappa shape index (κ1) is 9.18. The van der Waals surface area contributed by atoms with Gasteiger partial charge in [-0.15, -0.1) is 0 Å². The maximum Gasteiger partial charge on any atom is 0.0704 e. The average molecular weight is 191 g/mol. The summed E-state index contributed by atoms with van der Waals surface area (Å²) in [4.78, 5) is 0. The molecule has 14 heavy (non-hydrogen) atoms. The Morgan fingerprint density at radius 2 is 2.36 bits per heavy atom. The Labute approximate surface area is 82.0 Å². The van der Waals surface area contributed by atoms with Gasteiger partial charge in [0.2, 0.25) is 0 Å². The van der Waals surface area contributed by atoms with Crippen LogP contribution in [0, 0.1) is 0 Å². The number of aromatic nitrogens is 2. The van der Waals surface area contributed by atoms with Crippen LogP contribution in [-0.4, -0.2) is 27.4 Å². The van der Waals surface area contributed by atoms with Crippen LogP contribution in [0.4, 0.5) is 0 Å². The van der Waals surface area contributed by atoms with Crippen LogP contribution < -0.4 is 5.73 Å². The summed E-state index contributed by atoms with van der Waals surface area (Å²) in [5.41, 5.74) is 7.41. The van der Waals surface area contributed by atoms with E-state index in [1.165, 1.54) is 0 Å². The molecule has 2 rings (SSSR count). The summed E-state index contributed by atoms with van der Waals surface area (Å²) >= 11 is 0. The quantitative estimate of drug-likeness (QED) is 0.728. The van der Waals surface area contributed by atoms with Gasteiger partial charge in [0, 0.05) is 24.7 Å². The van der Waals surface area contributed by atoms with Gasteiger partial charge in [-0.25, -0.2) is 4.52 Å². The highest BCUT2D eigenvalue weighted by Gasteiger charge is 2.07. The Morgan fingerprint density at radius 1 is 1.50 bits per heavy atom. The molecule has 2 heterocycles. The molecular weight excluding hydrogens is 178 g/mol. The molecule has 2 aromatic rings. The Kier molecular flexibility index (Phi) is 2.47. The molecule has 0 aliphatic rings. The molecular formula is C10H13N3O. The van der Waals surface area contributed by atoms with Gasteiger partial charge in [-0.3, -0.25) is 0 Å². The number of aliphatic hydroxyl groups is 1. The van der Waals surface area contributed by atoms with Gasteiger partial charge >= 0.3 is 0 Å². The highest BCUT2D eigenvalue weighted by atomic mass is 16.3. The first-order chi connectivity index (χ1) is 6.81. The van der Waals surface area contributed by atoms with Crippen molar-refractivity contribution in [2.45, 2.75) is 12.5 Å². The van der Waals surface area contributed by atoms with Crippen molar-refractivity contribution in [1.29, 1.82) is 0 Å². The van der Waals surface area contributed by atoms with Crippen molar-refractivity contribution in [2.24, 2.45) is 5.73 Å². The van der Waals surface area contributed by atoms with Crippen LogP contribution in [0.1, 0.15) is 5.56 Å². The minimum absolute atomic E-state index is 0.282. The lowest BCUT2D eigenvalue weighted by molar-refractivity contribution is 0.184. The molecule has 0 spiro atoms. The van der Waals surface area contributed by atoms with Gasteiger partial charge in [-0.1, -0.05) is 6.07 Å². The highest BCUT2D eigenvalue weighted by molar-refractivity contribution is 5.53. The van der Waals surface area contributed by atoms with Crippen LogP contribution >= 0.6 is 0 Å². The number of hydrogen-bond donors (Lipinski definition) is 2. The molecule has 0 aliphatic heterocycles. The zero-order valence-corrected chi connectivity index (χ0v) is 7.80. The van der Waals surface area contributed by atoms with Crippen LogP contribution in [-0.2, 0) is 6.42 Å². The number of hydrogen-bond acceptors (Lipinski definition) is 3. The molecule has 0 fully saturated rings. The summed E-state index contributed by atoms with van der Waals surface area (Å²) in [7, 11) is 0. The van der Waals surface area contributed by atoms with Crippen LogP contribution in [0.25, 0.3) is 5.52 Å². The molecule has 3 N–H and O–H groups in total. The Hall–Kier alpha value is -1.39. The second-order valence-electron chi connectivity index (χ2n) is 3.29. The summed E-state index contributed by atoms with van der Waals surface area (Å²) in [6, 6.07) is 5.85. The lowest BCUT2D eigenvalue weighted by Crippen LogP contribution is -2.21. The van der Waals surface area contributed by atoms with Crippen molar-refractivity contribution >= 4 is 5.52 Å². The monoisotopic (exact) mass is 191 g/mol. The summed E-state index contributed by atoms with van der Waals surface area (Å²) in [5.74, 6) is 0. The minimum Gasteiger partial charge on any atom is -0.391 e. The van der Waals surface area contributed by atoms with E-state index in [1.807, 2.05) is 24.4 Å². The average Bonchev–Trinajstić information content (AvgIpc) is 2.62. The van der Waals surface area contributed by atoms with E-state index in [1.54, 1.807) is 10.7 Å². The maximum atomic E-state index is 9.43. The fourth-order valence-electron chi connectivity index (χ4n) is 1.48. The Bertz CT molecular complexity index is 424. The van der Waals surface area contributed by atoms with Crippen molar-refractivity contribution in [2.75, 3.05) is 6.54 Å². The molecule has 2 aromatic heterocycles. The van der Waals surface area contributed by atoms with Crippen LogP contribution in [0.3, 0.4) is 0 Å². The van der Waals surface area contributed by atoms with E-state index in [2.05, 4.69) is 5.10 Å². The predicted octanol–water partition coefficient (Wildman–Crippen LogP) is 0.196. The molecule has 0 saturated heterocycles. The fourth-order valence-corrected chi connectivity index (χ4v) is 1.48. The van der Waals surface area contributed by atoms with Crippen molar-refractivity contribution in [3.05, 3.63) is 36.2 Å². The zero-order chi connectivity index (χ0) is 9.97. The van der Waals surface area contributed by atoms with Gasteiger partial charge < -0.3 is 10.8 Å². The third kappa shape index (κ3) is 1.62. The highest BCUT2D eigenvalue weighted by Crippen LogP contribution is 2.11. The van der Waals surface area contributed by atoms with Crippen molar-refractivity contribution < 1.29 is 5.11 Å². The van der Waals surface area contributed by atoms with Gasteiger partial charge in [0.05, 0.1) is 17.8 Å². The van der Waals surface area contributed by atoms with Crippen molar-refractivity contribution in [3.8, 4) is 0 Å².